The van der Waals surface area contributed by atoms with Crippen LogP contribution in [0.15, 0.2) is 30.4 Å². The maximum absolute atomic E-state index is 11.2. The van der Waals surface area contributed by atoms with E-state index in [4.69, 9.17) is 18.9 Å². The van der Waals surface area contributed by atoms with Crippen molar-refractivity contribution in [3.63, 3.8) is 0 Å². The molecule has 0 radical (unpaired) electrons. The van der Waals surface area contributed by atoms with Crippen LogP contribution < -0.4 is 14.2 Å². The molecule has 0 aromatic heterocycles. The van der Waals surface area contributed by atoms with E-state index < -0.39 is 0 Å². The second kappa shape index (κ2) is 8.89. The third kappa shape index (κ3) is 5.38. The summed E-state index contributed by atoms with van der Waals surface area (Å²) in [5.41, 5.74) is 0.407. The van der Waals surface area contributed by atoms with Gasteiger partial charge in [-0.25, -0.2) is 4.79 Å². The van der Waals surface area contributed by atoms with Crippen molar-refractivity contribution >= 4 is 5.97 Å². The summed E-state index contributed by atoms with van der Waals surface area (Å²) in [6.45, 7) is 5.99. The van der Waals surface area contributed by atoms with Gasteiger partial charge in [0.05, 0.1) is 27.4 Å². The number of para-hydroxylation sites is 1. The highest BCUT2D eigenvalue weighted by molar-refractivity contribution is 5.86. The molecule has 1 aromatic rings. The molecule has 0 N–H and O–H groups in total. The lowest BCUT2D eigenvalue weighted by atomic mass is 10.3. The lowest BCUT2D eigenvalue weighted by molar-refractivity contribution is -0.139. The van der Waals surface area contributed by atoms with E-state index in [1.165, 1.54) is 0 Å². The Morgan fingerprint density at radius 3 is 2.19 bits per heavy atom. The van der Waals surface area contributed by atoms with Crippen molar-refractivity contribution in [1.82, 2.24) is 0 Å². The molecule has 1 aromatic carbocycles. The molecule has 0 heterocycles. The van der Waals surface area contributed by atoms with Gasteiger partial charge >= 0.3 is 5.97 Å². The Hall–Kier alpha value is -2.17. The minimum Gasteiger partial charge on any atom is -0.493 e. The minimum atomic E-state index is -0.359. The number of unbranched alkanes of at least 4 members (excludes halogenated alkanes) is 1. The molecule has 21 heavy (non-hydrogen) atoms. The van der Waals surface area contributed by atoms with Gasteiger partial charge in [0.15, 0.2) is 11.5 Å². The summed E-state index contributed by atoms with van der Waals surface area (Å²) in [6, 6.07) is 5.46. The number of rotatable bonds is 9. The number of esters is 1. The summed E-state index contributed by atoms with van der Waals surface area (Å²) < 4.78 is 21.2. The Morgan fingerprint density at radius 2 is 1.67 bits per heavy atom. The largest absolute Gasteiger partial charge is 0.493 e. The fraction of sp³-hybridized carbons (Fsp3) is 0.438. The highest BCUT2D eigenvalue weighted by atomic mass is 16.5. The first-order chi connectivity index (χ1) is 10.1. The lowest BCUT2D eigenvalue weighted by Gasteiger charge is -2.14. The van der Waals surface area contributed by atoms with Gasteiger partial charge in [-0.05, 0) is 31.9 Å². The van der Waals surface area contributed by atoms with Crippen LogP contribution in [0, 0.1) is 0 Å². The zero-order chi connectivity index (χ0) is 15.7. The molecule has 5 nitrogen and oxygen atoms in total. The molecule has 0 aliphatic carbocycles. The summed E-state index contributed by atoms with van der Waals surface area (Å²) in [7, 11) is 3.16. The first kappa shape index (κ1) is 16.9. The van der Waals surface area contributed by atoms with Gasteiger partial charge in [0.25, 0.3) is 0 Å². The second-order valence-electron chi connectivity index (χ2n) is 4.46. The molecule has 116 valence electrons. The predicted octanol–water partition coefficient (Wildman–Crippen LogP) is 2.98. The third-order valence-electron chi connectivity index (χ3n) is 2.75. The SMILES string of the molecule is C=C(C)C(=O)OCCCCOc1c(OC)cccc1OC. The van der Waals surface area contributed by atoms with Gasteiger partial charge in [0.2, 0.25) is 5.75 Å². The van der Waals surface area contributed by atoms with Crippen molar-refractivity contribution < 1.29 is 23.7 Å². The fourth-order valence-electron chi connectivity index (χ4n) is 1.63. The van der Waals surface area contributed by atoms with Gasteiger partial charge in [-0.15, -0.1) is 0 Å². The Morgan fingerprint density at radius 1 is 1.10 bits per heavy atom. The Bertz CT molecular complexity index is 459. The van der Waals surface area contributed by atoms with E-state index in [9.17, 15) is 4.79 Å². The van der Waals surface area contributed by atoms with E-state index >= 15 is 0 Å². The smallest absolute Gasteiger partial charge is 0.333 e. The van der Waals surface area contributed by atoms with Crippen molar-refractivity contribution in [2.45, 2.75) is 19.8 Å². The normalized spacial score (nSPS) is 9.86. The zero-order valence-electron chi connectivity index (χ0n) is 12.8. The average Bonchev–Trinajstić information content (AvgIpc) is 2.49. The van der Waals surface area contributed by atoms with Crippen LogP contribution in [0.3, 0.4) is 0 Å². The molecule has 0 aliphatic rings. The molecule has 0 aliphatic heterocycles. The molecule has 0 bridgehead atoms. The molecule has 0 amide bonds. The first-order valence-electron chi connectivity index (χ1n) is 6.76. The van der Waals surface area contributed by atoms with Crippen LogP contribution in [0.4, 0.5) is 0 Å². The van der Waals surface area contributed by atoms with Crippen molar-refractivity contribution in [3.8, 4) is 17.2 Å². The van der Waals surface area contributed by atoms with E-state index in [1.807, 2.05) is 18.2 Å². The molecular formula is C16H22O5. The molecule has 5 heteroatoms. The van der Waals surface area contributed by atoms with Crippen LogP contribution >= 0.6 is 0 Å². The molecule has 0 spiro atoms. The van der Waals surface area contributed by atoms with Crippen LogP contribution in [-0.4, -0.2) is 33.4 Å². The quantitative estimate of drug-likeness (QED) is 0.398. The number of carbonyl (C=O) groups excluding carboxylic acids is 1. The number of methoxy groups -OCH3 is 2. The Kier molecular flexibility index (Phi) is 7.15. The van der Waals surface area contributed by atoms with E-state index in [1.54, 1.807) is 21.1 Å². The number of carbonyl (C=O) groups is 1. The predicted molar refractivity (Wildman–Crippen MR) is 80.0 cm³/mol. The molecule has 1 rings (SSSR count). The maximum Gasteiger partial charge on any atom is 0.333 e. The topological polar surface area (TPSA) is 54.0 Å². The van der Waals surface area contributed by atoms with Crippen molar-refractivity contribution in [1.29, 1.82) is 0 Å². The number of ether oxygens (including phenoxy) is 4. The first-order valence-corrected chi connectivity index (χ1v) is 6.76. The number of hydrogen-bond donors (Lipinski definition) is 0. The summed E-state index contributed by atoms with van der Waals surface area (Å²) in [4.78, 5) is 11.2. The molecular weight excluding hydrogens is 272 g/mol. The van der Waals surface area contributed by atoms with E-state index in [-0.39, 0.29) is 5.97 Å². The molecule has 0 saturated carbocycles. The van der Waals surface area contributed by atoms with E-state index in [2.05, 4.69) is 6.58 Å². The molecule has 0 fully saturated rings. The van der Waals surface area contributed by atoms with Crippen LogP contribution in [0.25, 0.3) is 0 Å². The Labute approximate surface area is 125 Å². The summed E-state index contributed by atoms with van der Waals surface area (Å²) in [5, 5.41) is 0. The van der Waals surface area contributed by atoms with Crippen molar-refractivity contribution in [2.75, 3.05) is 27.4 Å². The number of hydrogen-bond acceptors (Lipinski definition) is 5. The second-order valence-corrected chi connectivity index (χ2v) is 4.46. The van der Waals surface area contributed by atoms with Crippen LogP contribution in [-0.2, 0) is 9.53 Å². The number of benzene rings is 1. The van der Waals surface area contributed by atoms with Gasteiger partial charge < -0.3 is 18.9 Å². The summed E-state index contributed by atoms with van der Waals surface area (Å²) >= 11 is 0. The van der Waals surface area contributed by atoms with Gasteiger partial charge in [0, 0.05) is 5.57 Å². The van der Waals surface area contributed by atoms with Crippen LogP contribution in [0.2, 0.25) is 0 Å². The fourth-order valence-corrected chi connectivity index (χ4v) is 1.63. The van der Waals surface area contributed by atoms with Gasteiger partial charge in [0.1, 0.15) is 0 Å². The van der Waals surface area contributed by atoms with E-state index in [0.717, 1.165) is 12.8 Å². The van der Waals surface area contributed by atoms with Gasteiger partial charge in [-0.2, -0.15) is 0 Å². The van der Waals surface area contributed by atoms with Gasteiger partial charge in [-0.1, -0.05) is 12.6 Å². The monoisotopic (exact) mass is 294 g/mol. The summed E-state index contributed by atoms with van der Waals surface area (Å²) in [6.07, 6.45) is 1.47. The lowest BCUT2D eigenvalue weighted by Crippen LogP contribution is -2.08. The molecule has 0 atom stereocenters. The standard InChI is InChI=1S/C16H22O5/c1-12(2)16(17)21-11-6-5-10-20-15-13(18-3)8-7-9-14(15)19-4/h7-9H,1,5-6,10-11H2,2-4H3. The third-order valence-corrected chi connectivity index (χ3v) is 2.75. The van der Waals surface area contributed by atoms with Crippen molar-refractivity contribution in [2.24, 2.45) is 0 Å². The highest BCUT2D eigenvalue weighted by Gasteiger charge is 2.10. The highest BCUT2D eigenvalue weighted by Crippen LogP contribution is 2.36. The molecule has 0 unspecified atom stereocenters. The van der Waals surface area contributed by atoms with Crippen LogP contribution in [0.1, 0.15) is 19.8 Å². The Balaban J connectivity index is 2.36. The molecule has 0 saturated heterocycles. The van der Waals surface area contributed by atoms with E-state index in [0.29, 0.717) is 36.0 Å². The van der Waals surface area contributed by atoms with Crippen LogP contribution in [0.5, 0.6) is 17.2 Å². The average molecular weight is 294 g/mol. The van der Waals surface area contributed by atoms with Gasteiger partial charge in [-0.3, -0.25) is 0 Å². The summed E-state index contributed by atoms with van der Waals surface area (Å²) in [5.74, 6) is 1.48. The van der Waals surface area contributed by atoms with Crippen molar-refractivity contribution in [3.05, 3.63) is 30.4 Å². The minimum absolute atomic E-state index is 0.359. The maximum atomic E-state index is 11.2. The zero-order valence-corrected chi connectivity index (χ0v) is 12.8.